The van der Waals surface area contributed by atoms with Gasteiger partial charge in [0.1, 0.15) is 6.26 Å². The zero-order valence-electron chi connectivity index (χ0n) is 8.08. The van der Waals surface area contributed by atoms with Gasteiger partial charge in [0.05, 0.1) is 5.56 Å². The third-order valence-electron chi connectivity index (χ3n) is 2.63. The van der Waals surface area contributed by atoms with Gasteiger partial charge in [-0.3, -0.25) is 4.79 Å². The maximum Gasteiger partial charge on any atom is 0.257 e. The highest BCUT2D eigenvalue weighted by atomic mass is 79.9. The van der Waals surface area contributed by atoms with E-state index < -0.39 is 0 Å². The van der Waals surface area contributed by atoms with Gasteiger partial charge in [0.25, 0.3) is 5.91 Å². The second-order valence-electron chi connectivity index (χ2n) is 3.59. The number of rotatable bonds is 2. The lowest BCUT2D eigenvalue weighted by Gasteiger charge is -2.22. The Hall–Kier alpha value is -0.290. The van der Waals surface area contributed by atoms with E-state index in [9.17, 15) is 4.79 Å². The van der Waals surface area contributed by atoms with Crippen LogP contribution in [0.2, 0.25) is 0 Å². The lowest BCUT2D eigenvalue weighted by molar-refractivity contribution is 0.0750. The zero-order chi connectivity index (χ0) is 10.8. The minimum absolute atomic E-state index is 0.0615. The van der Waals surface area contributed by atoms with Crippen LogP contribution in [0.5, 0.6) is 0 Å². The summed E-state index contributed by atoms with van der Waals surface area (Å²) in [6.07, 6.45) is 3.66. The van der Waals surface area contributed by atoms with Gasteiger partial charge < -0.3 is 9.32 Å². The van der Waals surface area contributed by atoms with Crippen molar-refractivity contribution in [3.05, 3.63) is 22.6 Å². The fraction of sp³-hybridized carbons (Fsp3) is 0.500. The number of halogens is 2. The van der Waals surface area contributed by atoms with Crippen LogP contribution in [0, 0.1) is 0 Å². The molecule has 1 aliphatic rings. The molecule has 3 nitrogen and oxygen atoms in total. The van der Waals surface area contributed by atoms with E-state index in [4.69, 9.17) is 4.42 Å². The highest BCUT2D eigenvalue weighted by molar-refractivity contribution is 9.10. The van der Waals surface area contributed by atoms with Crippen molar-refractivity contribution < 1.29 is 9.21 Å². The summed E-state index contributed by atoms with van der Waals surface area (Å²) in [6.45, 7) is 0.845. The fourth-order valence-corrected chi connectivity index (χ4v) is 2.86. The van der Waals surface area contributed by atoms with Crippen LogP contribution in [-0.2, 0) is 0 Å². The number of furan rings is 1. The molecule has 1 atom stereocenters. The fourth-order valence-electron chi connectivity index (χ4n) is 1.85. The smallest absolute Gasteiger partial charge is 0.257 e. The zero-order valence-corrected chi connectivity index (χ0v) is 11.3. The van der Waals surface area contributed by atoms with Crippen molar-refractivity contribution in [1.29, 1.82) is 0 Å². The molecular formula is C10H11Br2NO2. The lowest BCUT2D eigenvalue weighted by atomic mass is 10.2. The minimum Gasteiger partial charge on any atom is -0.457 e. The van der Waals surface area contributed by atoms with Crippen LogP contribution in [0.1, 0.15) is 23.2 Å². The van der Waals surface area contributed by atoms with Crippen molar-refractivity contribution in [2.75, 3.05) is 11.9 Å². The van der Waals surface area contributed by atoms with Gasteiger partial charge in [-0.05, 0) is 28.8 Å². The number of likely N-dealkylation sites (tertiary alicyclic amines) is 1. The van der Waals surface area contributed by atoms with E-state index in [1.54, 1.807) is 6.07 Å². The highest BCUT2D eigenvalue weighted by Gasteiger charge is 2.29. The Labute approximate surface area is 105 Å². The van der Waals surface area contributed by atoms with Crippen molar-refractivity contribution in [1.82, 2.24) is 4.90 Å². The third-order valence-corrected chi connectivity index (χ3v) is 3.79. The molecule has 15 heavy (non-hydrogen) atoms. The maximum absolute atomic E-state index is 12.1. The number of carbonyl (C=O) groups excluding carboxylic acids is 1. The molecule has 1 saturated heterocycles. The van der Waals surface area contributed by atoms with Crippen molar-refractivity contribution in [3.63, 3.8) is 0 Å². The molecule has 1 unspecified atom stereocenters. The Morgan fingerprint density at radius 2 is 2.47 bits per heavy atom. The lowest BCUT2D eigenvalue weighted by Crippen LogP contribution is -2.36. The molecule has 0 aromatic carbocycles. The molecule has 1 amide bonds. The largest absolute Gasteiger partial charge is 0.457 e. The Morgan fingerprint density at radius 1 is 1.67 bits per heavy atom. The monoisotopic (exact) mass is 335 g/mol. The number of hydrogen-bond donors (Lipinski definition) is 0. The van der Waals surface area contributed by atoms with Gasteiger partial charge in [0.15, 0.2) is 4.67 Å². The van der Waals surface area contributed by atoms with Crippen LogP contribution >= 0.6 is 31.9 Å². The first-order valence-corrected chi connectivity index (χ1v) is 6.75. The standard InChI is InChI=1S/C10H11Br2NO2/c11-5-8-2-1-3-13(8)10(14)7-4-9(12)15-6-7/h4,6,8H,1-3,5H2. The molecule has 5 heteroatoms. The first kappa shape index (κ1) is 11.2. The van der Waals surface area contributed by atoms with E-state index in [2.05, 4.69) is 31.9 Å². The van der Waals surface area contributed by atoms with E-state index in [1.165, 1.54) is 6.26 Å². The predicted molar refractivity (Wildman–Crippen MR) is 64.3 cm³/mol. The Kier molecular flexibility index (Phi) is 3.51. The second-order valence-corrected chi connectivity index (χ2v) is 5.02. The molecule has 2 heterocycles. The van der Waals surface area contributed by atoms with Crippen molar-refractivity contribution in [2.45, 2.75) is 18.9 Å². The SMILES string of the molecule is O=C(c1coc(Br)c1)N1CCCC1CBr. The molecule has 1 aromatic rings. The van der Waals surface area contributed by atoms with Gasteiger partial charge in [-0.2, -0.15) is 0 Å². The molecule has 0 radical (unpaired) electrons. The minimum atomic E-state index is 0.0615. The average Bonchev–Trinajstić information content (AvgIpc) is 2.84. The molecule has 1 aromatic heterocycles. The van der Waals surface area contributed by atoms with E-state index in [0.29, 0.717) is 16.3 Å². The summed E-state index contributed by atoms with van der Waals surface area (Å²) >= 11 is 6.63. The quantitative estimate of drug-likeness (QED) is 0.778. The van der Waals surface area contributed by atoms with E-state index in [1.807, 2.05) is 4.90 Å². The normalized spacial score (nSPS) is 20.9. The summed E-state index contributed by atoms with van der Waals surface area (Å²) in [7, 11) is 0. The van der Waals surface area contributed by atoms with Crippen molar-refractivity contribution in [2.24, 2.45) is 0 Å². The summed E-state index contributed by atoms with van der Waals surface area (Å²) < 4.78 is 5.67. The summed E-state index contributed by atoms with van der Waals surface area (Å²) in [5, 5.41) is 0.845. The molecule has 2 rings (SSSR count). The van der Waals surface area contributed by atoms with Crippen LogP contribution in [0.4, 0.5) is 0 Å². The molecule has 0 bridgehead atoms. The molecule has 0 N–H and O–H groups in total. The van der Waals surface area contributed by atoms with Gasteiger partial charge in [-0.15, -0.1) is 0 Å². The van der Waals surface area contributed by atoms with Crippen LogP contribution in [-0.4, -0.2) is 28.7 Å². The van der Waals surface area contributed by atoms with E-state index in [0.717, 1.165) is 24.7 Å². The molecule has 0 spiro atoms. The van der Waals surface area contributed by atoms with Crippen LogP contribution in [0.15, 0.2) is 21.4 Å². The first-order valence-electron chi connectivity index (χ1n) is 4.83. The van der Waals surface area contributed by atoms with Crippen LogP contribution < -0.4 is 0 Å². The number of amides is 1. The van der Waals surface area contributed by atoms with E-state index in [-0.39, 0.29) is 5.91 Å². The van der Waals surface area contributed by atoms with Crippen LogP contribution in [0.25, 0.3) is 0 Å². The number of hydrogen-bond acceptors (Lipinski definition) is 2. The van der Waals surface area contributed by atoms with Crippen molar-refractivity contribution >= 4 is 37.8 Å². The van der Waals surface area contributed by atoms with E-state index >= 15 is 0 Å². The number of carbonyl (C=O) groups is 1. The Bertz CT molecular complexity index is 364. The average molecular weight is 337 g/mol. The topological polar surface area (TPSA) is 33.5 Å². The molecule has 1 fully saturated rings. The third kappa shape index (κ3) is 2.28. The van der Waals surface area contributed by atoms with Crippen LogP contribution in [0.3, 0.4) is 0 Å². The van der Waals surface area contributed by atoms with Crippen molar-refractivity contribution in [3.8, 4) is 0 Å². The Balaban J connectivity index is 2.13. The second kappa shape index (κ2) is 4.70. The van der Waals surface area contributed by atoms with Gasteiger partial charge in [0, 0.05) is 24.0 Å². The van der Waals surface area contributed by atoms with Gasteiger partial charge in [-0.25, -0.2) is 0 Å². The maximum atomic E-state index is 12.1. The number of alkyl halides is 1. The van der Waals surface area contributed by atoms with Gasteiger partial charge in [0.2, 0.25) is 0 Å². The highest BCUT2D eigenvalue weighted by Crippen LogP contribution is 2.23. The molecule has 0 aliphatic carbocycles. The molecular weight excluding hydrogens is 326 g/mol. The summed E-state index contributed by atoms with van der Waals surface area (Å²) in [5.41, 5.74) is 0.620. The summed E-state index contributed by atoms with van der Waals surface area (Å²) in [4.78, 5) is 14.0. The predicted octanol–water partition coefficient (Wildman–Crippen LogP) is 3.04. The number of nitrogens with zero attached hydrogens (tertiary/aromatic N) is 1. The Morgan fingerprint density at radius 3 is 3.07 bits per heavy atom. The molecule has 0 saturated carbocycles. The van der Waals surface area contributed by atoms with Gasteiger partial charge in [-0.1, -0.05) is 15.9 Å². The molecule has 82 valence electrons. The molecule has 1 aliphatic heterocycles. The summed E-state index contributed by atoms with van der Waals surface area (Å²) in [6, 6.07) is 2.04. The first-order chi connectivity index (χ1) is 7.22. The summed E-state index contributed by atoms with van der Waals surface area (Å²) in [5.74, 6) is 0.0615. The van der Waals surface area contributed by atoms with Gasteiger partial charge >= 0.3 is 0 Å².